The first-order valence-electron chi connectivity index (χ1n) is 10.3. The van der Waals surface area contributed by atoms with Crippen LogP contribution < -0.4 is 9.47 Å². The molecule has 1 amide bonds. The number of thiophene rings is 1. The van der Waals surface area contributed by atoms with Gasteiger partial charge in [-0.2, -0.15) is 0 Å². The minimum Gasteiger partial charge on any atom is -0.507 e. The van der Waals surface area contributed by atoms with E-state index in [1.165, 1.54) is 36.5 Å². The van der Waals surface area contributed by atoms with Crippen molar-refractivity contribution in [3.63, 3.8) is 0 Å². The molecular weight excluding hydrogens is 497 g/mol. The Morgan fingerprint density at radius 1 is 1.09 bits per heavy atom. The molecule has 0 aliphatic carbocycles. The predicted octanol–water partition coefficient (Wildman–Crippen LogP) is 6.00. The fraction of sp³-hybridized carbons (Fsp3) is 0.200. The summed E-state index contributed by atoms with van der Waals surface area (Å²) in [5.74, 6) is -1.68. The monoisotopic (exact) mass is 517 g/mol. The predicted molar refractivity (Wildman–Crippen MR) is 133 cm³/mol. The van der Waals surface area contributed by atoms with E-state index in [1.54, 1.807) is 0 Å². The molecule has 1 N–H and O–H groups in total. The van der Waals surface area contributed by atoms with Crippen molar-refractivity contribution in [2.45, 2.75) is 19.5 Å². The number of aliphatic hydroxyl groups is 1. The number of Topliss-reactive ketones (excluding diaryl/α,β-unsaturated/α-hetero) is 1. The number of hydrogen-bond acceptors (Lipinski definition) is 6. The fourth-order valence-electron chi connectivity index (χ4n) is 4.09. The molecule has 2 heterocycles. The highest BCUT2D eigenvalue weighted by atomic mass is 35.5. The number of halogens is 2. The largest absolute Gasteiger partial charge is 0.507 e. The highest BCUT2D eigenvalue weighted by Gasteiger charge is 2.46. The van der Waals surface area contributed by atoms with Crippen LogP contribution >= 0.6 is 34.5 Å². The molecular formula is C25H21Cl2NO5S. The van der Waals surface area contributed by atoms with Gasteiger partial charge in [0.2, 0.25) is 0 Å². The summed E-state index contributed by atoms with van der Waals surface area (Å²) in [5, 5.41) is 13.5. The Hall–Kier alpha value is -3.00. The van der Waals surface area contributed by atoms with Crippen LogP contribution in [-0.4, -0.2) is 35.9 Å². The number of amides is 1. The minimum atomic E-state index is -0.814. The lowest BCUT2D eigenvalue weighted by atomic mass is 9.94. The van der Waals surface area contributed by atoms with E-state index < -0.39 is 23.5 Å². The van der Waals surface area contributed by atoms with Gasteiger partial charge < -0.3 is 19.5 Å². The number of ketones is 1. The first-order valence-corrected chi connectivity index (χ1v) is 11.9. The first kappa shape index (κ1) is 24.1. The van der Waals surface area contributed by atoms with Gasteiger partial charge >= 0.3 is 0 Å². The van der Waals surface area contributed by atoms with E-state index in [4.69, 9.17) is 32.7 Å². The van der Waals surface area contributed by atoms with Crippen LogP contribution in [0.25, 0.3) is 5.76 Å². The summed E-state index contributed by atoms with van der Waals surface area (Å²) in [5.41, 5.74) is 1.67. The molecule has 0 bridgehead atoms. The average Bonchev–Trinajstić information content (AvgIpc) is 3.41. The van der Waals surface area contributed by atoms with Crippen LogP contribution in [0.3, 0.4) is 0 Å². The zero-order valence-corrected chi connectivity index (χ0v) is 20.9. The van der Waals surface area contributed by atoms with E-state index in [1.807, 2.05) is 48.7 Å². The van der Waals surface area contributed by atoms with Gasteiger partial charge in [-0.05, 0) is 30.0 Å². The van der Waals surface area contributed by atoms with Crippen molar-refractivity contribution in [1.29, 1.82) is 0 Å². The van der Waals surface area contributed by atoms with Gasteiger partial charge in [0.15, 0.2) is 11.5 Å². The Morgan fingerprint density at radius 2 is 1.82 bits per heavy atom. The molecule has 9 heteroatoms. The second-order valence-corrected chi connectivity index (χ2v) is 9.52. The number of rotatable bonds is 6. The summed E-state index contributed by atoms with van der Waals surface area (Å²) in [6.07, 6.45) is 0. The van der Waals surface area contributed by atoms with Crippen LogP contribution in [0.2, 0.25) is 10.0 Å². The first-order chi connectivity index (χ1) is 16.3. The molecule has 1 saturated heterocycles. The second-order valence-electron chi connectivity index (χ2n) is 7.71. The standard InChI is InChI=1S/C25H21Cl2NO5S/c1-13-6-4-7-14(10-13)20-18(22(30)25(31)28(20)12-15-8-5-9-34-15)21(29)16-11-17(26)24(33-3)19(27)23(16)32-2/h4-11,20,29H,12H2,1-3H3/b21-18+. The summed E-state index contributed by atoms with van der Waals surface area (Å²) in [6, 6.07) is 11.8. The van der Waals surface area contributed by atoms with Crippen molar-refractivity contribution in [3.05, 3.63) is 85.0 Å². The van der Waals surface area contributed by atoms with E-state index in [0.717, 1.165) is 10.4 Å². The Morgan fingerprint density at radius 3 is 2.44 bits per heavy atom. The Bertz CT molecular complexity index is 1300. The summed E-state index contributed by atoms with van der Waals surface area (Å²) in [7, 11) is 2.78. The van der Waals surface area contributed by atoms with Crippen LogP contribution in [0, 0.1) is 6.92 Å². The van der Waals surface area contributed by atoms with Crippen molar-refractivity contribution in [2.24, 2.45) is 0 Å². The Balaban J connectivity index is 1.96. The Kier molecular flexibility index (Phi) is 6.89. The van der Waals surface area contributed by atoms with Gasteiger partial charge in [0.05, 0.1) is 43.0 Å². The van der Waals surface area contributed by atoms with Crippen LogP contribution in [0.15, 0.2) is 53.4 Å². The van der Waals surface area contributed by atoms with Gasteiger partial charge in [-0.15, -0.1) is 11.3 Å². The van der Waals surface area contributed by atoms with Gasteiger partial charge in [0.25, 0.3) is 11.7 Å². The normalized spacial score (nSPS) is 17.3. The van der Waals surface area contributed by atoms with Crippen LogP contribution in [0.1, 0.15) is 27.6 Å². The average molecular weight is 518 g/mol. The van der Waals surface area contributed by atoms with Crippen molar-refractivity contribution < 1.29 is 24.2 Å². The highest BCUT2D eigenvalue weighted by Crippen LogP contribution is 2.47. The van der Waals surface area contributed by atoms with E-state index in [2.05, 4.69) is 0 Å². The molecule has 1 fully saturated rings. The molecule has 34 heavy (non-hydrogen) atoms. The molecule has 2 aromatic carbocycles. The molecule has 176 valence electrons. The zero-order valence-electron chi connectivity index (χ0n) is 18.6. The molecule has 1 unspecified atom stereocenters. The van der Waals surface area contributed by atoms with E-state index in [0.29, 0.717) is 5.56 Å². The number of carbonyl (C=O) groups is 2. The summed E-state index contributed by atoms with van der Waals surface area (Å²) in [4.78, 5) is 28.8. The van der Waals surface area contributed by atoms with Gasteiger partial charge in [-0.3, -0.25) is 9.59 Å². The van der Waals surface area contributed by atoms with Gasteiger partial charge in [0, 0.05) is 4.88 Å². The third kappa shape index (κ3) is 4.15. The summed E-state index contributed by atoms with van der Waals surface area (Å²) in [6.45, 7) is 2.14. The van der Waals surface area contributed by atoms with Crippen LogP contribution in [0.4, 0.5) is 0 Å². The smallest absolute Gasteiger partial charge is 0.295 e. The number of nitrogens with zero attached hydrogens (tertiary/aromatic N) is 1. The number of likely N-dealkylation sites (tertiary alicyclic amines) is 1. The van der Waals surface area contributed by atoms with Crippen molar-refractivity contribution in [3.8, 4) is 11.5 Å². The summed E-state index contributed by atoms with van der Waals surface area (Å²) >= 11 is 14.2. The number of benzene rings is 2. The quantitative estimate of drug-likeness (QED) is 0.246. The number of carbonyl (C=O) groups excluding carboxylic acids is 2. The van der Waals surface area contributed by atoms with Crippen molar-refractivity contribution >= 4 is 52.0 Å². The molecule has 0 saturated carbocycles. The third-order valence-electron chi connectivity index (χ3n) is 5.60. The molecule has 1 aromatic heterocycles. The number of hydrogen-bond donors (Lipinski definition) is 1. The molecule has 1 aliphatic heterocycles. The Labute approximate surface area is 210 Å². The molecule has 1 atom stereocenters. The van der Waals surface area contributed by atoms with Gasteiger partial charge in [-0.25, -0.2) is 0 Å². The van der Waals surface area contributed by atoms with Crippen LogP contribution in [0.5, 0.6) is 11.5 Å². The molecule has 6 nitrogen and oxygen atoms in total. The summed E-state index contributed by atoms with van der Waals surface area (Å²) < 4.78 is 10.6. The highest BCUT2D eigenvalue weighted by molar-refractivity contribution is 7.09. The number of aryl methyl sites for hydroxylation is 1. The van der Waals surface area contributed by atoms with Crippen LogP contribution in [-0.2, 0) is 16.1 Å². The third-order valence-corrected chi connectivity index (χ3v) is 7.08. The molecule has 1 aliphatic rings. The molecule has 3 aromatic rings. The van der Waals surface area contributed by atoms with E-state index >= 15 is 0 Å². The maximum atomic E-state index is 13.3. The maximum absolute atomic E-state index is 13.3. The number of aliphatic hydroxyl groups excluding tert-OH is 1. The lowest BCUT2D eigenvalue weighted by Crippen LogP contribution is -2.28. The lowest BCUT2D eigenvalue weighted by Gasteiger charge is -2.25. The van der Waals surface area contributed by atoms with Gasteiger partial charge in [0.1, 0.15) is 10.8 Å². The van der Waals surface area contributed by atoms with E-state index in [9.17, 15) is 14.7 Å². The second kappa shape index (κ2) is 9.70. The minimum absolute atomic E-state index is 0.0407. The van der Waals surface area contributed by atoms with E-state index in [-0.39, 0.29) is 39.2 Å². The maximum Gasteiger partial charge on any atom is 0.295 e. The molecule has 4 rings (SSSR count). The number of ether oxygens (including phenoxy) is 2. The topological polar surface area (TPSA) is 76.1 Å². The molecule has 0 spiro atoms. The lowest BCUT2D eigenvalue weighted by molar-refractivity contribution is -0.140. The van der Waals surface area contributed by atoms with Crippen molar-refractivity contribution in [2.75, 3.05) is 14.2 Å². The van der Waals surface area contributed by atoms with Crippen molar-refractivity contribution in [1.82, 2.24) is 4.90 Å². The number of methoxy groups -OCH3 is 2. The SMILES string of the molecule is COc1c(Cl)cc(/C(O)=C2\C(=O)C(=O)N(Cc3cccs3)C2c2cccc(C)c2)c(OC)c1Cl. The zero-order chi connectivity index (χ0) is 24.6. The van der Waals surface area contributed by atoms with Gasteiger partial charge in [-0.1, -0.05) is 59.1 Å². The molecule has 0 radical (unpaired) electrons. The fourth-order valence-corrected chi connectivity index (χ4v) is 5.48.